The minimum atomic E-state index is -1.89. The zero-order valence-electron chi connectivity index (χ0n) is 61.6. The van der Waals surface area contributed by atoms with Gasteiger partial charge in [0.15, 0.2) is 73.6 Å². The highest BCUT2D eigenvalue weighted by molar-refractivity contribution is 8.00. The summed E-state index contributed by atoms with van der Waals surface area (Å²) in [7, 11) is 0. The van der Waals surface area contributed by atoms with Crippen LogP contribution in [0.15, 0.2) is 58.3 Å². The van der Waals surface area contributed by atoms with Crippen molar-refractivity contribution in [3.05, 3.63) is 48.5 Å². The Morgan fingerprint density at radius 3 is 0.771 bits per heavy atom. The summed E-state index contributed by atoms with van der Waals surface area (Å²) in [6, 6.07) is 12.3. The summed E-state index contributed by atoms with van der Waals surface area (Å²) in [6.45, 7) is 12.0. The molecule has 0 aromatic heterocycles. The van der Waals surface area contributed by atoms with E-state index in [-0.39, 0.29) is 19.3 Å². The number of ether oxygens (including phenoxy) is 20. The predicted molar refractivity (Wildman–Crippen MR) is 362 cm³/mol. The predicted octanol–water partition coefficient (Wildman–Crippen LogP) is 2.86. The molecule has 109 heavy (non-hydrogen) atoms. The highest BCUT2D eigenvalue weighted by atomic mass is 32.2. The van der Waals surface area contributed by atoms with Gasteiger partial charge in [0.25, 0.3) is 0 Å². The first kappa shape index (κ1) is 88.3. The van der Waals surface area contributed by atoms with Crippen LogP contribution < -0.4 is 10.6 Å². The molecule has 20 atom stereocenters. The van der Waals surface area contributed by atoms with E-state index in [1.165, 1.54) is 24.3 Å². The van der Waals surface area contributed by atoms with Crippen molar-refractivity contribution >= 4 is 130 Å². The Hall–Kier alpha value is -9.58. The standard InChI is InChI=1S/C69H86N2O36S2/c1-30(72)88-26-48-54(92-34(5)76)58(94-36(7)78)62(98-40(11)82)66(102-48)106-56-50(28-90-32(3)74)104-68(64(100-42(13)84)60(56)96-38(9)80)108-46-22-18-44(19-23-46)70-52(86)16-15-17-53(87)71-45-20-24-47(25-21-45)109-69-65(101-43(14)85)61(97-39(10)81)57(51(105-69)29-91-33(4)75)107-67-63(99-41(12)83)59(95-37(8)79)55(93-35(6)77)49(103-67)27-89-31(2)73/h18-25,48-51,54-69H,15-17,26-29H2,1-14H3,(H,70,86)(H,71,87)/t48-,49-,50-,51-,54-,55-,56-,57-,58+,59+,60+,61+,62-,63-,64-,65-,66-,67-,68+,69+/m1/s1. The Balaban J connectivity index is 1.14. The second kappa shape index (κ2) is 41.8. The molecule has 4 heterocycles. The van der Waals surface area contributed by atoms with E-state index in [2.05, 4.69) is 10.6 Å². The number of amides is 2. The fraction of sp³-hybridized carbons (Fsp3) is 0.594. The number of thioether (sulfide) groups is 2. The quantitative estimate of drug-likeness (QED) is 0.0785. The van der Waals surface area contributed by atoms with Crippen LogP contribution in [-0.2, 0) is 171 Å². The maximum atomic E-state index is 13.3. The lowest BCUT2D eigenvalue weighted by Crippen LogP contribution is -2.66. The molecule has 0 spiro atoms. The van der Waals surface area contributed by atoms with Gasteiger partial charge in [0, 0.05) is 131 Å². The van der Waals surface area contributed by atoms with Crippen molar-refractivity contribution < 1.29 is 171 Å². The molecule has 4 aliphatic heterocycles. The number of nitrogens with one attached hydrogen (secondary N) is 2. The van der Waals surface area contributed by atoms with Gasteiger partial charge in [0.05, 0.1) is 0 Å². The number of anilines is 2. The summed E-state index contributed by atoms with van der Waals surface area (Å²) in [5, 5.41) is 5.49. The van der Waals surface area contributed by atoms with Crippen LogP contribution in [0.1, 0.15) is 116 Å². The van der Waals surface area contributed by atoms with E-state index in [0.29, 0.717) is 21.2 Å². The Morgan fingerprint density at radius 2 is 0.514 bits per heavy atom. The van der Waals surface area contributed by atoms with Crippen molar-refractivity contribution in [3.8, 4) is 0 Å². The van der Waals surface area contributed by atoms with E-state index in [9.17, 15) is 76.7 Å². The van der Waals surface area contributed by atoms with Crippen LogP contribution in [0.5, 0.6) is 0 Å². The Kier molecular flexibility index (Phi) is 33.9. The van der Waals surface area contributed by atoms with Crippen LogP contribution in [0.25, 0.3) is 0 Å². The molecule has 40 heteroatoms. The highest BCUT2D eigenvalue weighted by Crippen LogP contribution is 2.43. The number of hydrogen-bond acceptors (Lipinski definition) is 38. The number of rotatable bonds is 32. The molecule has 4 fully saturated rings. The average Bonchev–Trinajstić information content (AvgIpc) is 0.769. The van der Waals surface area contributed by atoms with E-state index in [1.54, 1.807) is 24.3 Å². The topological polar surface area (TPSA) is 482 Å². The first-order valence-corrected chi connectivity index (χ1v) is 35.4. The molecule has 2 N–H and O–H groups in total. The molecule has 4 aliphatic rings. The van der Waals surface area contributed by atoms with Gasteiger partial charge in [0.2, 0.25) is 11.8 Å². The molecular weight excluding hydrogens is 1500 g/mol. The third-order valence-corrected chi connectivity index (χ3v) is 17.7. The van der Waals surface area contributed by atoms with Crippen molar-refractivity contribution in [1.82, 2.24) is 0 Å². The molecule has 600 valence electrons. The first-order chi connectivity index (χ1) is 51.3. The molecule has 2 aromatic rings. The van der Waals surface area contributed by atoms with Crippen molar-refractivity contribution in [2.75, 3.05) is 37.1 Å². The third-order valence-electron chi connectivity index (χ3n) is 15.4. The SMILES string of the molecule is CC(=O)OC[C@H]1O[C@@H](Sc2ccc(NC(=O)CCCC(=O)Nc3ccc(S[C@@H]4O[C@H](COC(C)=O)[C@@H](O[C@H]5O[C@H](COC(C)=O)[C@@H](OC(C)=O)[C@H](OC(C)=O)[C@H]5OC(C)=O)[C@H](OC(C)=O)[C@H]4OC(C)=O)cc3)cc2)[C@H](OC(C)=O)[C@@H](OC(C)=O)[C@@H]1O[C@H]1O[C@H](COC(C)=O)[C@@H](OC(C)=O)[C@H](OC(C)=O)[C@H]1OC(C)=O. The molecule has 0 radical (unpaired) electrons. The summed E-state index contributed by atoms with van der Waals surface area (Å²) < 4.78 is 115. The Labute approximate surface area is 631 Å². The van der Waals surface area contributed by atoms with Gasteiger partial charge in [0.1, 0.15) is 73.9 Å². The minimum Gasteiger partial charge on any atom is -0.463 e. The summed E-state index contributed by atoms with van der Waals surface area (Å²) in [6.07, 6.45) is -29.9. The maximum Gasteiger partial charge on any atom is 0.303 e. The number of esters is 14. The fourth-order valence-corrected chi connectivity index (χ4v) is 13.7. The van der Waals surface area contributed by atoms with Gasteiger partial charge >= 0.3 is 83.6 Å². The highest BCUT2D eigenvalue weighted by Gasteiger charge is 2.60. The van der Waals surface area contributed by atoms with Crippen LogP contribution in [0.2, 0.25) is 0 Å². The smallest absolute Gasteiger partial charge is 0.303 e. The van der Waals surface area contributed by atoms with Crippen molar-refractivity contribution in [1.29, 1.82) is 0 Å². The van der Waals surface area contributed by atoms with E-state index >= 15 is 0 Å². The molecule has 4 saturated heterocycles. The van der Waals surface area contributed by atoms with E-state index in [0.717, 1.165) is 120 Å². The molecule has 0 bridgehead atoms. The zero-order valence-corrected chi connectivity index (χ0v) is 63.3. The first-order valence-electron chi connectivity index (χ1n) is 33.7. The summed E-state index contributed by atoms with van der Waals surface area (Å²) in [4.78, 5) is 203. The van der Waals surface area contributed by atoms with Gasteiger partial charge in [-0.1, -0.05) is 23.5 Å². The lowest BCUT2D eigenvalue weighted by atomic mass is 9.96. The summed E-state index contributed by atoms with van der Waals surface area (Å²) in [5.74, 6) is -13.5. The van der Waals surface area contributed by atoms with Gasteiger partial charge < -0.3 is 105 Å². The van der Waals surface area contributed by atoms with Crippen LogP contribution in [0.4, 0.5) is 11.4 Å². The van der Waals surface area contributed by atoms with Gasteiger partial charge in [-0.2, -0.15) is 0 Å². The van der Waals surface area contributed by atoms with E-state index < -0.39 is 243 Å². The number of carbonyl (C=O) groups excluding carboxylic acids is 16. The summed E-state index contributed by atoms with van der Waals surface area (Å²) >= 11 is 1.87. The third kappa shape index (κ3) is 28.1. The minimum absolute atomic E-state index is 0.0690. The molecule has 6 rings (SSSR count). The molecule has 38 nitrogen and oxygen atoms in total. The zero-order chi connectivity index (χ0) is 80.7. The number of carbonyl (C=O) groups is 16. The van der Waals surface area contributed by atoms with Crippen molar-refractivity contribution in [2.24, 2.45) is 0 Å². The molecule has 0 unspecified atom stereocenters. The second-order valence-corrected chi connectivity index (χ2v) is 26.9. The van der Waals surface area contributed by atoms with Crippen LogP contribution >= 0.6 is 23.5 Å². The summed E-state index contributed by atoms with van der Waals surface area (Å²) in [5.41, 5.74) is -2.02. The second-order valence-electron chi connectivity index (χ2n) is 24.6. The van der Waals surface area contributed by atoms with Crippen LogP contribution in [0.3, 0.4) is 0 Å². The van der Waals surface area contributed by atoms with Gasteiger partial charge in [-0.3, -0.25) is 76.7 Å². The Morgan fingerprint density at radius 1 is 0.284 bits per heavy atom. The maximum absolute atomic E-state index is 13.3. The van der Waals surface area contributed by atoms with E-state index in [1.807, 2.05) is 0 Å². The number of hydrogen-bond donors (Lipinski definition) is 2. The fourth-order valence-electron chi connectivity index (χ4n) is 11.5. The molecule has 2 amide bonds. The normalized spacial score (nSPS) is 27.7. The molecule has 0 aliphatic carbocycles. The molecule has 2 aromatic carbocycles. The lowest BCUT2D eigenvalue weighted by Gasteiger charge is -2.48. The largest absolute Gasteiger partial charge is 0.463 e. The lowest BCUT2D eigenvalue weighted by molar-refractivity contribution is -0.341. The van der Waals surface area contributed by atoms with Crippen LogP contribution in [-0.4, -0.2) is 243 Å². The monoisotopic (exact) mass is 1580 g/mol. The van der Waals surface area contributed by atoms with Crippen molar-refractivity contribution in [3.63, 3.8) is 0 Å². The van der Waals surface area contributed by atoms with Gasteiger partial charge in [-0.05, 0) is 55.0 Å². The van der Waals surface area contributed by atoms with Gasteiger partial charge in [-0.15, -0.1) is 0 Å². The number of benzene rings is 2. The van der Waals surface area contributed by atoms with Crippen LogP contribution in [0, 0.1) is 0 Å². The molecular formula is C69H86N2O36S2. The van der Waals surface area contributed by atoms with E-state index in [4.69, 9.17) is 94.7 Å². The van der Waals surface area contributed by atoms with Gasteiger partial charge in [-0.25, -0.2) is 0 Å². The Bertz CT molecular complexity index is 3380. The average molecular weight is 1580 g/mol. The molecule has 0 saturated carbocycles. The van der Waals surface area contributed by atoms with Crippen molar-refractivity contribution in [2.45, 2.75) is 247 Å².